The summed E-state index contributed by atoms with van der Waals surface area (Å²) in [5.74, 6) is 0.822. The molecule has 3 rings (SSSR count). The Hall–Kier alpha value is -1.09. The second-order valence-electron chi connectivity index (χ2n) is 4.39. The van der Waals surface area contributed by atoms with Gasteiger partial charge in [0.2, 0.25) is 5.91 Å². The molecule has 2 heterocycles. The highest BCUT2D eigenvalue weighted by Crippen LogP contribution is 2.55. The van der Waals surface area contributed by atoms with Crippen LogP contribution in [0.3, 0.4) is 0 Å². The molecule has 0 bridgehead atoms. The summed E-state index contributed by atoms with van der Waals surface area (Å²) < 4.78 is 0. The maximum absolute atomic E-state index is 11.5. The van der Waals surface area contributed by atoms with Gasteiger partial charge < -0.3 is 0 Å². The van der Waals surface area contributed by atoms with E-state index in [1.165, 1.54) is 5.56 Å². The minimum Gasteiger partial charge on any atom is -0.296 e. The van der Waals surface area contributed by atoms with Crippen LogP contribution in [-0.4, -0.2) is 17.4 Å². The van der Waals surface area contributed by atoms with Crippen LogP contribution in [0.2, 0.25) is 5.15 Å². The Labute approximate surface area is 93.1 Å². The lowest BCUT2D eigenvalue weighted by atomic mass is 10.0. The van der Waals surface area contributed by atoms with E-state index in [9.17, 15) is 4.79 Å². The molecule has 15 heavy (non-hydrogen) atoms. The Kier molecular flexibility index (Phi) is 1.67. The molecule has 4 heteroatoms. The van der Waals surface area contributed by atoms with Crippen molar-refractivity contribution in [3.05, 3.63) is 22.8 Å². The maximum Gasteiger partial charge on any atom is 0.225 e. The topological polar surface area (TPSA) is 33.2 Å². The number of carbonyl (C=O) groups is 1. The minimum absolute atomic E-state index is 0.0507. The average Bonchev–Trinajstić information content (AvgIpc) is 2.86. The van der Waals surface area contributed by atoms with Crippen LogP contribution < -0.4 is 4.90 Å². The van der Waals surface area contributed by atoms with E-state index in [1.54, 1.807) is 11.8 Å². The quantitative estimate of drug-likeness (QED) is 0.630. The normalized spacial score (nSPS) is 20.5. The number of hydrogen-bond donors (Lipinski definition) is 0. The van der Waals surface area contributed by atoms with Crippen molar-refractivity contribution in [2.24, 2.45) is 0 Å². The highest BCUT2D eigenvalue weighted by Gasteiger charge is 2.53. The molecular weight excluding hydrogens is 212 g/mol. The van der Waals surface area contributed by atoms with Crippen molar-refractivity contribution >= 4 is 23.3 Å². The molecular formula is C11H11ClN2O. The molecule has 0 N–H and O–H groups in total. The molecule has 1 fully saturated rings. The van der Waals surface area contributed by atoms with E-state index >= 15 is 0 Å². The lowest BCUT2D eigenvalue weighted by Crippen LogP contribution is -2.29. The lowest BCUT2D eigenvalue weighted by molar-refractivity contribution is -0.116. The second kappa shape index (κ2) is 2.73. The summed E-state index contributed by atoms with van der Waals surface area (Å²) >= 11 is 5.86. The number of anilines is 1. The molecule has 1 aromatic heterocycles. The van der Waals surface area contributed by atoms with Gasteiger partial charge in [0.25, 0.3) is 0 Å². The molecule has 1 aromatic rings. The van der Waals surface area contributed by atoms with Gasteiger partial charge in [-0.3, -0.25) is 9.69 Å². The number of nitrogens with zero attached hydrogens (tertiary/aromatic N) is 2. The Morgan fingerprint density at radius 2 is 2.27 bits per heavy atom. The summed E-state index contributed by atoms with van der Waals surface area (Å²) in [5.41, 5.74) is 1.40. The third-order valence-corrected chi connectivity index (χ3v) is 3.57. The van der Waals surface area contributed by atoms with Gasteiger partial charge in [0.15, 0.2) is 0 Å². The van der Waals surface area contributed by atoms with Crippen LogP contribution in [0.25, 0.3) is 0 Å². The zero-order chi connectivity index (χ0) is 10.6. The van der Waals surface area contributed by atoms with E-state index in [2.05, 4.69) is 4.98 Å². The Bertz CT molecular complexity index is 454. The summed E-state index contributed by atoms with van der Waals surface area (Å²) in [6, 6.07) is 3.82. The third kappa shape index (κ3) is 1.19. The number of halogens is 1. The van der Waals surface area contributed by atoms with Crippen LogP contribution in [0.15, 0.2) is 12.1 Å². The highest BCUT2D eigenvalue weighted by atomic mass is 35.5. The van der Waals surface area contributed by atoms with Gasteiger partial charge in [-0.1, -0.05) is 17.7 Å². The number of pyridine rings is 1. The molecule has 0 radical (unpaired) electrons. The van der Waals surface area contributed by atoms with Crippen LogP contribution in [0.5, 0.6) is 0 Å². The van der Waals surface area contributed by atoms with Gasteiger partial charge in [-0.15, -0.1) is 0 Å². The Balaban J connectivity index is 2.16. The third-order valence-electron chi connectivity index (χ3n) is 3.36. The molecule has 2 aliphatic rings. The zero-order valence-electron chi connectivity index (χ0n) is 8.46. The molecule has 1 aliphatic heterocycles. The van der Waals surface area contributed by atoms with Gasteiger partial charge in [-0.25, -0.2) is 4.98 Å². The number of rotatable bonds is 0. The first-order valence-electron chi connectivity index (χ1n) is 5.08. The van der Waals surface area contributed by atoms with E-state index in [1.807, 2.05) is 12.1 Å². The minimum atomic E-state index is 0.0507. The van der Waals surface area contributed by atoms with E-state index in [0.29, 0.717) is 5.15 Å². The summed E-state index contributed by atoms with van der Waals surface area (Å²) in [6.07, 6.45) is 2.32. The van der Waals surface area contributed by atoms with Crippen molar-refractivity contribution in [1.29, 1.82) is 0 Å². The van der Waals surface area contributed by atoms with Gasteiger partial charge in [-0.2, -0.15) is 0 Å². The van der Waals surface area contributed by atoms with Crippen molar-refractivity contribution in [2.45, 2.75) is 25.2 Å². The van der Waals surface area contributed by atoms with Crippen LogP contribution in [0.1, 0.15) is 25.3 Å². The van der Waals surface area contributed by atoms with E-state index in [0.717, 1.165) is 25.2 Å². The molecule has 0 saturated heterocycles. The van der Waals surface area contributed by atoms with Crippen LogP contribution in [0, 0.1) is 0 Å². The average molecular weight is 223 g/mol. The van der Waals surface area contributed by atoms with Crippen molar-refractivity contribution < 1.29 is 4.79 Å². The number of carbonyl (C=O) groups excluding carboxylic acids is 1. The zero-order valence-corrected chi connectivity index (χ0v) is 9.21. The second-order valence-corrected chi connectivity index (χ2v) is 4.78. The van der Waals surface area contributed by atoms with Crippen LogP contribution >= 0.6 is 11.6 Å². The SMILES string of the molecule is CC(=O)N1CC2(CC2)c2ccc(Cl)nc21. The van der Waals surface area contributed by atoms with Crippen molar-refractivity contribution in [3.8, 4) is 0 Å². The van der Waals surface area contributed by atoms with Crippen LogP contribution in [0.4, 0.5) is 5.82 Å². The molecule has 78 valence electrons. The van der Waals surface area contributed by atoms with Crippen molar-refractivity contribution in [2.75, 3.05) is 11.4 Å². The number of hydrogen-bond acceptors (Lipinski definition) is 2. The van der Waals surface area contributed by atoms with E-state index in [-0.39, 0.29) is 11.3 Å². The fourth-order valence-corrected chi connectivity index (χ4v) is 2.49. The van der Waals surface area contributed by atoms with Gasteiger partial charge in [0.1, 0.15) is 11.0 Å². The predicted octanol–water partition coefficient (Wildman–Crippen LogP) is 2.13. The van der Waals surface area contributed by atoms with Crippen molar-refractivity contribution in [3.63, 3.8) is 0 Å². The van der Waals surface area contributed by atoms with Gasteiger partial charge in [0, 0.05) is 24.4 Å². The summed E-state index contributed by atoms with van der Waals surface area (Å²) in [6.45, 7) is 2.36. The molecule has 0 atom stereocenters. The smallest absolute Gasteiger partial charge is 0.225 e. The number of fused-ring (bicyclic) bond motifs is 2. The highest BCUT2D eigenvalue weighted by molar-refractivity contribution is 6.29. The lowest BCUT2D eigenvalue weighted by Gasteiger charge is -2.13. The van der Waals surface area contributed by atoms with Gasteiger partial charge in [-0.05, 0) is 18.9 Å². The Morgan fingerprint density at radius 3 is 2.87 bits per heavy atom. The Morgan fingerprint density at radius 1 is 1.53 bits per heavy atom. The first-order valence-corrected chi connectivity index (χ1v) is 5.45. The summed E-state index contributed by atoms with van der Waals surface area (Å²) in [5, 5.41) is 0.456. The first kappa shape index (κ1) is 9.16. The van der Waals surface area contributed by atoms with Gasteiger partial charge >= 0.3 is 0 Å². The standard InChI is InChI=1S/C11H11ClN2O/c1-7(15)14-6-11(4-5-11)8-2-3-9(12)13-10(8)14/h2-3H,4-6H2,1H3. The van der Waals surface area contributed by atoms with E-state index in [4.69, 9.17) is 11.6 Å². The molecule has 1 aliphatic carbocycles. The molecule has 3 nitrogen and oxygen atoms in total. The molecule has 0 aromatic carbocycles. The molecule has 0 unspecified atom stereocenters. The van der Waals surface area contributed by atoms with Crippen molar-refractivity contribution in [1.82, 2.24) is 4.98 Å². The van der Waals surface area contributed by atoms with Gasteiger partial charge in [0.05, 0.1) is 0 Å². The number of aromatic nitrogens is 1. The number of amides is 1. The first-order chi connectivity index (χ1) is 7.12. The fraction of sp³-hybridized carbons (Fsp3) is 0.455. The largest absolute Gasteiger partial charge is 0.296 e. The maximum atomic E-state index is 11.5. The summed E-state index contributed by atoms with van der Waals surface area (Å²) in [4.78, 5) is 17.5. The van der Waals surface area contributed by atoms with E-state index < -0.39 is 0 Å². The fourth-order valence-electron chi connectivity index (χ4n) is 2.35. The van der Waals surface area contributed by atoms with Crippen LogP contribution in [-0.2, 0) is 10.2 Å². The molecule has 1 saturated carbocycles. The predicted molar refractivity (Wildman–Crippen MR) is 58.2 cm³/mol. The summed E-state index contributed by atoms with van der Waals surface area (Å²) in [7, 11) is 0. The monoisotopic (exact) mass is 222 g/mol. The molecule has 1 spiro atoms. The molecule has 1 amide bonds.